The molecule has 0 radical (unpaired) electrons. The molecular weight excluding hydrogens is 628 g/mol. The number of hydrogen-bond donors (Lipinski definition) is 0. The molecule has 3 aromatic rings. The molecule has 7 heteroatoms. The first-order valence-corrected chi connectivity index (χ1v) is 19.1. The lowest BCUT2D eigenvalue weighted by atomic mass is 9.77. The number of hydrogen-bond acceptors (Lipinski definition) is 7. The Bertz CT molecular complexity index is 1490. The standard InChI is InChI=1S/C43H54O7/c1-3-5-7-9-27-46-37-25-23-34(24-26-37)33-17-21-36(22-18-33)43(45)50-39-29-48-40-38(28-47-41(39)40)49-42(44)35-19-15-32(16-20-35)31-13-11-30(12-14-31)10-8-6-4-2/h15-26,30-31,38-41H,3-14,27-29H2,1-2H3/t30?,31?,38-,39?,40-,41-/m0/s1. The summed E-state index contributed by atoms with van der Waals surface area (Å²) in [5.41, 5.74) is 4.33. The van der Waals surface area contributed by atoms with Crippen LogP contribution in [0.1, 0.15) is 123 Å². The first-order valence-electron chi connectivity index (χ1n) is 19.1. The molecule has 268 valence electrons. The zero-order chi connectivity index (χ0) is 34.7. The van der Waals surface area contributed by atoms with E-state index in [1.165, 1.54) is 76.2 Å². The quantitative estimate of drug-likeness (QED) is 0.110. The first-order chi connectivity index (χ1) is 24.5. The summed E-state index contributed by atoms with van der Waals surface area (Å²) in [5.74, 6) is 1.48. The summed E-state index contributed by atoms with van der Waals surface area (Å²) in [6.07, 6.45) is 13.0. The summed E-state index contributed by atoms with van der Waals surface area (Å²) in [6, 6.07) is 23.3. The minimum Gasteiger partial charge on any atom is -0.494 e. The maximum atomic E-state index is 13.1. The summed E-state index contributed by atoms with van der Waals surface area (Å²) < 4.78 is 29.4. The zero-order valence-electron chi connectivity index (χ0n) is 29.9. The van der Waals surface area contributed by atoms with Gasteiger partial charge in [0.15, 0.2) is 12.2 Å². The fourth-order valence-electron chi connectivity index (χ4n) is 7.66. The van der Waals surface area contributed by atoms with Gasteiger partial charge in [-0.15, -0.1) is 0 Å². The Balaban J connectivity index is 0.943. The molecule has 0 N–H and O–H groups in total. The monoisotopic (exact) mass is 682 g/mol. The van der Waals surface area contributed by atoms with Crippen LogP contribution in [0.2, 0.25) is 0 Å². The fraction of sp³-hybridized carbons (Fsp3) is 0.535. The van der Waals surface area contributed by atoms with Gasteiger partial charge in [0.25, 0.3) is 0 Å². The third kappa shape index (κ3) is 9.35. The highest BCUT2D eigenvalue weighted by molar-refractivity contribution is 5.90. The summed E-state index contributed by atoms with van der Waals surface area (Å²) in [6.45, 7) is 5.59. The van der Waals surface area contributed by atoms with Crippen molar-refractivity contribution in [2.24, 2.45) is 5.92 Å². The van der Waals surface area contributed by atoms with Crippen LogP contribution < -0.4 is 4.74 Å². The smallest absolute Gasteiger partial charge is 0.338 e. The van der Waals surface area contributed by atoms with E-state index < -0.39 is 30.4 Å². The van der Waals surface area contributed by atoms with Gasteiger partial charge in [-0.2, -0.15) is 0 Å². The summed E-state index contributed by atoms with van der Waals surface area (Å²) in [7, 11) is 0. The van der Waals surface area contributed by atoms with Crippen molar-refractivity contribution in [3.8, 4) is 16.9 Å². The minimum atomic E-state index is -0.577. The van der Waals surface area contributed by atoms with Crippen LogP contribution in [0.15, 0.2) is 72.8 Å². The van der Waals surface area contributed by atoms with E-state index in [-0.39, 0.29) is 19.2 Å². The summed E-state index contributed by atoms with van der Waals surface area (Å²) >= 11 is 0. The molecule has 2 saturated heterocycles. The molecule has 1 unspecified atom stereocenters. The summed E-state index contributed by atoms with van der Waals surface area (Å²) in [4.78, 5) is 26.2. The van der Waals surface area contributed by atoms with E-state index in [0.717, 1.165) is 35.8 Å². The Labute approximate surface area is 298 Å². The second kappa shape index (κ2) is 18.0. The van der Waals surface area contributed by atoms with Crippen molar-refractivity contribution in [2.45, 2.75) is 121 Å². The minimum absolute atomic E-state index is 0.190. The molecule has 3 aromatic carbocycles. The van der Waals surface area contributed by atoms with E-state index in [0.29, 0.717) is 17.0 Å². The van der Waals surface area contributed by atoms with Crippen LogP contribution in [-0.4, -0.2) is 56.2 Å². The number of fused-ring (bicyclic) bond motifs is 1. The van der Waals surface area contributed by atoms with E-state index in [2.05, 4.69) is 26.0 Å². The van der Waals surface area contributed by atoms with Gasteiger partial charge in [0.1, 0.15) is 18.0 Å². The highest BCUT2D eigenvalue weighted by Gasteiger charge is 2.51. The van der Waals surface area contributed by atoms with Crippen LogP contribution in [0.4, 0.5) is 0 Å². The Morgan fingerprint density at radius 1 is 0.620 bits per heavy atom. The van der Waals surface area contributed by atoms with Crippen molar-refractivity contribution in [1.29, 1.82) is 0 Å². The molecule has 0 aromatic heterocycles. The van der Waals surface area contributed by atoms with Crippen LogP contribution in [0.5, 0.6) is 5.75 Å². The van der Waals surface area contributed by atoms with Crippen molar-refractivity contribution < 1.29 is 33.3 Å². The molecule has 6 rings (SSSR count). The average Bonchev–Trinajstić information content (AvgIpc) is 3.75. The molecule has 1 aliphatic carbocycles. The molecular formula is C43H54O7. The lowest BCUT2D eigenvalue weighted by molar-refractivity contribution is -0.0287. The third-order valence-electron chi connectivity index (χ3n) is 10.7. The number of carbonyl (C=O) groups excluding carboxylic acids is 2. The van der Waals surface area contributed by atoms with Gasteiger partial charge in [0.05, 0.1) is 30.9 Å². The van der Waals surface area contributed by atoms with Crippen molar-refractivity contribution in [3.05, 3.63) is 89.5 Å². The highest BCUT2D eigenvalue weighted by atomic mass is 16.7. The van der Waals surface area contributed by atoms with Gasteiger partial charge >= 0.3 is 11.9 Å². The zero-order valence-corrected chi connectivity index (χ0v) is 29.9. The van der Waals surface area contributed by atoms with Crippen LogP contribution >= 0.6 is 0 Å². The van der Waals surface area contributed by atoms with E-state index in [1.54, 1.807) is 12.1 Å². The van der Waals surface area contributed by atoms with Gasteiger partial charge in [-0.3, -0.25) is 0 Å². The molecule has 4 atom stereocenters. The molecule has 0 bridgehead atoms. The van der Waals surface area contributed by atoms with Crippen LogP contribution in [0, 0.1) is 5.92 Å². The molecule has 7 nitrogen and oxygen atoms in total. The van der Waals surface area contributed by atoms with Crippen molar-refractivity contribution in [1.82, 2.24) is 0 Å². The molecule has 2 heterocycles. The number of unbranched alkanes of at least 4 members (excludes halogenated alkanes) is 5. The second-order valence-electron chi connectivity index (χ2n) is 14.3. The number of ether oxygens (including phenoxy) is 5. The van der Waals surface area contributed by atoms with E-state index in [9.17, 15) is 9.59 Å². The molecule has 0 amide bonds. The average molecular weight is 683 g/mol. The van der Waals surface area contributed by atoms with E-state index in [1.807, 2.05) is 48.5 Å². The number of carbonyl (C=O) groups is 2. The largest absolute Gasteiger partial charge is 0.494 e. The maximum absolute atomic E-state index is 13.1. The molecule has 1 saturated carbocycles. The van der Waals surface area contributed by atoms with Crippen LogP contribution in [0.3, 0.4) is 0 Å². The van der Waals surface area contributed by atoms with Gasteiger partial charge in [-0.25, -0.2) is 9.59 Å². The van der Waals surface area contributed by atoms with Gasteiger partial charge < -0.3 is 23.7 Å². The van der Waals surface area contributed by atoms with E-state index >= 15 is 0 Å². The van der Waals surface area contributed by atoms with E-state index in [4.69, 9.17) is 23.7 Å². The number of esters is 2. The Kier molecular flexibility index (Phi) is 13.0. The second-order valence-corrected chi connectivity index (χ2v) is 14.3. The Hall–Kier alpha value is -3.68. The number of benzene rings is 3. The molecule has 2 aliphatic heterocycles. The fourth-order valence-corrected chi connectivity index (χ4v) is 7.66. The van der Waals surface area contributed by atoms with Crippen molar-refractivity contribution in [3.63, 3.8) is 0 Å². The predicted octanol–water partition coefficient (Wildman–Crippen LogP) is 9.72. The normalized spacial score (nSPS) is 24.4. The van der Waals surface area contributed by atoms with Crippen LogP contribution in [0.25, 0.3) is 11.1 Å². The predicted molar refractivity (Wildman–Crippen MR) is 195 cm³/mol. The van der Waals surface area contributed by atoms with Crippen molar-refractivity contribution >= 4 is 11.9 Å². The highest BCUT2D eigenvalue weighted by Crippen LogP contribution is 2.38. The maximum Gasteiger partial charge on any atom is 0.338 e. The summed E-state index contributed by atoms with van der Waals surface area (Å²) in [5, 5.41) is 0. The SMILES string of the molecule is CCCCCCOc1ccc(-c2ccc(C(=O)OC3CO[C@H]4[C@@H](OC(=O)c5ccc(C6CCC(CCCCC)CC6)cc5)CO[C@@H]34)cc2)cc1. The first kappa shape index (κ1) is 36.1. The van der Waals surface area contributed by atoms with Gasteiger partial charge in [0, 0.05) is 0 Å². The molecule has 50 heavy (non-hydrogen) atoms. The Morgan fingerprint density at radius 2 is 1.14 bits per heavy atom. The molecule has 3 fully saturated rings. The van der Waals surface area contributed by atoms with Gasteiger partial charge in [0.2, 0.25) is 0 Å². The lowest BCUT2D eigenvalue weighted by Crippen LogP contribution is -2.36. The van der Waals surface area contributed by atoms with Crippen LogP contribution in [-0.2, 0) is 18.9 Å². The molecule has 0 spiro atoms. The Morgan fingerprint density at radius 3 is 1.70 bits per heavy atom. The van der Waals surface area contributed by atoms with Gasteiger partial charge in [-0.1, -0.05) is 95.2 Å². The topological polar surface area (TPSA) is 80.3 Å². The number of rotatable bonds is 16. The van der Waals surface area contributed by atoms with Gasteiger partial charge in [-0.05, 0) is 97.0 Å². The third-order valence-corrected chi connectivity index (χ3v) is 10.7. The molecule has 3 aliphatic rings. The van der Waals surface area contributed by atoms with Crippen molar-refractivity contribution in [2.75, 3.05) is 19.8 Å². The lowest BCUT2D eigenvalue weighted by Gasteiger charge is -2.29.